The molecule has 128 valence electrons. The van der Waals surface area contributed by atoms with E-state index in [2.05, 4.69) is 13.8 Å². The summed E-state index contributed by atoms with van der Waals surface area (Å²) in [7, 11) is 1.56. The summed E-state index contributed by atoms with van der Waals surface area (Å²) in [5.74, 6) is 3.12. The number of hydrogen-bond donors (Lipinski definition) is 1. The second-order valence-electron chi connectivity index (χ2n) is 6.90. The predicted octanol–water partition coefficient (Wildman–Crippen LogP) is 4.89. The lowest BCUT2D eigenvalue weighted by atomic mass is 9.77. The van der Waals surface area contributed by atoms with Gasteiger partial charge in [-0.3, -0.25) is 0 Å². The van der Waals surface area contributed by atoms with E-state index in [1.807, 2.05) is 24.3 Å². The zero-order chi connectivity index (χ0) is 16.7. The molecular formula is C20H30O3. The molecule has 1 aromatic carbocycles. The van der Waals surface area contributed by atoms with E-state index in [1.165, 1.54) is 25.7 Å². The number of rotatable bonds is 7. The highest BCUT2D eigenvalue weighted by atomic mass is 16.5. The van der Waals surface area contributed by atoms with Crippen molar-refractivity contribution >= 4 is 6.08 Å². The molecule has 1 aliphatic rings. The van der Waals surface area contributed by atoms with Crippen LogP contribution in [0, 0.1) is 17.8 Å². The zero-order valence-corrected chi connectivity index (χ0v) is 14.6. The van der Waals surface area contributed by atoms with Crippen molar-refractivity contribution in [3.63, 3.8) is 0 Å². The van der Waals surface area contributed by atoms with Gasteiger partial charge in [-0.1, -0.05) is 32.1 Å². The van der Waals surface area contributed by atoms with Crippen LogP contribution in [0.25, 0.3) is 6.08 Å². The van der Waals surface area contributed by atoms with Gasteiger partial charge in [0.05, 0.1) is 13.7 Å². The van der Waals surface area contributed by atoms with Gasteiger partial charge in [-0.05, 0) is 61.1 Å². The average molecular weight is 318 g/mol. The zero-order valence-electron chi connectivity index (χ0n) is 14.6. The Morgan fingerprint density at radius 1 is 1.22 bits per heavy atom. The number of benzene rings is 1. The van der Waals surface area contributed by atoms with E-state index in [0.29, 0.717) is 12.4 Å². The highest BCUT2D eigenvalue weighted by Gasteiger charge is 2.22. The number of hydrogen-bond acceptors (Lipinski definition) is 3. The van der Waals surface area contributed by atoms with Crippen LogP contribution in [-0.2, 0) is 4.74 Å². The maximum atomic E-state index is 9.57. The number of aromatic hydroxyl groups is 1. The molecule has 1 saturated carbocycles. The van der Waals surface area contributed by atoms with Crippen LogP contribution in [0.3, 0.4) is 0 Å². The van der Waals surface area contributed by atoms with Crippen molar-refractivity contribution in [1.29, 1.82) is 0 Å². The highest BCUT2D eigenvalue weighted by molar-refractivity contribution is 5.55. The van der Waals surface area contributed by atoms with Crippen molar-refractivity contribution in [2.75, 3.05) is 20.3 Å². The molecule has 0 aliphatic heterocycles. The maximum absolute atomic E-state index is 9.57. The summed E-state index contributed by atoms with van der Waals surface area (Å²) in [4.78, 5) is 0. The molecular weight excluding hydrogens is 288 g/mol. The molecule has 3 heteroatoms. The lowest BCUT2D eigenvalue weighted by Crippen LogP contribution is -2.21. The van der Waals surface area contributed by atoms with Gasteiger partial charge in [0.15, 0.2) is 11.5 Å². The van der Waals surface area contributed by atoms with Gasteiger partial charge in [-0.25, -0.2) is 0 Å². The molecule has 0 spiro atoms. The average Bonchev–Trinajstić information content (AvgIpc) is 2.56. The first-order valence-corrected chi connectivity index (χ1v) is 8.71. The molecule has 23 heavy (non-hydrogen) atoms. The van der Waals surface area contributed by atoms with Crippen molar-refractivity contribution in [2.24, 2.45) is 17.8 Å². The smallest absolute Gasteiger partial charge is 0.161 e. The third-order valence-corrected chi connectivity index (χ3v) is 4.92. The van der Waals surface area contributed by atoms with E-state index in [-0.39, 0.29) is 5.75 Å². The maximum Gasteiger partial charge on any atom is 0.161 e. The third-order valence-electron chi connectivity index (χ3n) is 4.92. The molecule has 1 aromatic rings. The van der Waals surface area contributed by atoms with E-state index in [4.69, 9.17) is 9.47 Å². The first-order valence-electron chi connectivity index (χ1n) is 8.71. The van der Waals surface area contributed by atoms with Crippen molar-refractivity contribution in [1.82, 2.24) is 0 Å². The molecule has 0 radical (unpaired) electrons. The SMILES string of the molecule is COc1cc(/C=C/COCC2CCC(C(C)C)CC2)ccc1O. The van der Waals surface area contributed by atoms with E-state index in [1.54, 1.807) is 13.2 Å². The van der Waals surface area contributed by atoms with E-state index < -0.39 is 0 Å². The van der Waals surface area contributed by atoms with Crippen LogP contribution < -0.4 is 4.74 Å². The number of phenols is 1. The fraction of sp³-hybridized carbons (Fsp3) is 0.600. The molecule has 1 N–H and O–H groups in total. The van der Waals surface area contributed by atoms with Crippen LogP contribution in [-0.4, -0.2) is 25.4 Å². The Hall–Kier alpha value is -1.48. The summed E-state index contributed by atoms with van der Waals surface area (Å²) in [5.41, 5.74) is 1.00. The Morgan fingerprint density at radius 2 is 1.96 bits per heavy atom. The standard InChI is InChI=1S/C20H30O3/c1-15(2)18-9-6-17(7-10-18)14-23-12-4-5-16-8-11-19(21)20(13-16)22-3/h4-5,8,11,13,15,17-18,21H,6-7,9-10,12,14H2,1-3H3/b5-4+. The molecule has 0 amide bonds. The van der Waals surface area contributed by atoms with Gasteiger partial charge in [0.1, 0.15) is 0 Å². The summed E-state index contributed by atoms with van der Waals surface area (Å²) in [6.45, 7) is 6.18. The van der Waals surface area contributed by atoms with Gasteiger partial charge in [0.25, 0.3) is 0 Å². The molecule has 3 nitrogen and oxygen atoms in total. The van der Waals surface area contributed by atoms with Crippen LogP contribution in [0.15, 0.2) is 24.3 Å². The second kappa shape index (κ2) is 8.97. The van der Waals surface area contributed by atoms with Gasteiger partial charge >= 0.3 is 0 Å². The second-order valence-corrected chi connectivity index (χ2v) is 6.90. The normalized spacial score (nSPS) is 21.9. The van der Waals surface area contributed by atoms with Gasteiger partial charge in [-0.15, -0.1) is 0 Å². The van der Waals surface area contributed by atoms with Crippen LogP contribution in [0.1, 0.15) is 45.1 Å². The molecule has 1 fully saturated rings. The molecule has 0 aromatic heterocycles. The fourth-order valence-electron chi connectivity index (χ4n) is 3.31. The molecule has 2 rings (SSSR count). The Kier molecular flexibility index (Phi) is 6.97. The Morgan fingerprint density at radius 3 is 2.61 bits per heavy atom. The van der Waals surface area contributed by atoms with E-state index in [0.717, 1.165) is 29.9 Å². The first kappa shape index (κ1) is 17.9. The van der Waals surface area contributed by atoms with E-state index >= 15 is 0 Å². The summed E-state index contributed by atoms with van der Waals surface area (Å²) in [5, 5.41) is 9.57. The molecule has 0 atom stereocenters. The number of methoxy groups -OCH3 is 1. The summed E-state index contributed by atoms with van der Waals surface area (Å²) < 4.78 is 10.9. The van der Waals surface area contributed by atoms with Crippen molar-refractivity contribution < 1.29 is 14.6 Å². The van der Waals surface area contributed by atoms with Crippen LogP contribution in [0.2, 0.25) is 0 Å². The third kappa shape index (κ3) is 5.58. The molecule has 0 unspecified atom stereocenters. The van der Waals surface area contributed by atoms with Crippen LogP contribution in [0.5, 0.6) is 11.5 Å². The number of ether oxygens (including phenoxy) is 2. The number of phenolic OH excluding ortho intramolecular Hbond substituents is 1. The predicted molar refractivity (Wildman–Crippen MR) is 94.8 cm³/mol. The Bertz CT molecular complexity index is 500. The lowest BCUT2D eigenvalue weighted by Gasteiger charge is -2.30. The van der Waals surface area contributed by atoms with Crippen LogP contribution >= 0.6 is 0 Å². The van der Waals surface area contributed by atoms with Gasteiger partial charge in [0, 0.05) is 6.61 Å². The minimum absolute atomic E-state index is 0.165. The van der Waals surface area contributed by atoms with Gasteiger partial charge in [-0.2, -0.15) is 0 Å². The Labute approximate surface area is 140 Å². The Balaban J connectivity index is 1.67. The largest absolute Gasteiger partial charge is 0.504 e. The van der Waals surface area contributed by atoms with Gasteiger partial charge in [0.2, 0.25) is 0 Å². The molecule has 1 aliphatic carbocycles. The minimum atomic E-state index is 0.165. The van der Waals surface area contributed by atoms with Crippen molar-refractivity contribution in [2.45, 2.75) is 39.5 Å². The summed E-state index contributed by atoms with van der Waals surface area (Å²) in [6.07, 6.45) is 9.34. The molecule has 0 heterocycles. The molecule has 0 saturated heterocycles. The van der Waals surface area contributed by atoms with E-state index in [9.17, 15) is 5.11 Å². The highest BCUT2D eigenvalue weighted by Crippen LogP contribution is 2.33. The van der Waals surface area contributed by atoms with Gasteiger partial charge < -0.3 is 14.6 Å². The lowest BCUT2D eigenvalue weighted by molar-refractivity contribution is 0.0901. The summed E-state index contributed by atoms with van der Waals surface area (Å²) in [6, 6.07) is 5.33. The summed E-state index contributed by atoms with van der Waals surface area (Å²) >= 11 is 0. The first-order chi connectivity index (χ1) is 11.1. The quantitative estimate of drug-likeness (QED) is 0.727. The molecule has 0 bridgehead atoms. The van der Waals surface area contributed by atoms with Crippen molar-refractivity contribution in [3.05, 3.63) is 29.8 Å². The minimum Gasteiger partial charge on any atom is -0.504 e. The van der Waals surface area contributed by atoms with Crippen LogP contribution in [0.4, 0.5) is 0 Å². The fourth-order valence-corrected chi connectivity index (χ4v) is 3.31. The van der Waals surface area contributed by atoms with Crippen molar-refractivity contribution in [3.8, 4) is 11.5 Å². The topological polar surface area (TPSA) is 38.7 Å². The monoisotopic (exact) mass is 318 g/mol.